The van der Waals surface area contributed by atoms with Crippen LogP contribution in [0.1, 0.15) is 24.0 Å². The zero-order chi connectivity index (χ0) is 14.9. The maximum absolute atomic E-state index is 9.25. The van der Waals surface area contributed by atoms with Gasteiger partial charge in [0.05, 0.1) is 0 Å². The molecule has 112 valence electrons. The van der Waals surface area contributed by atoms with E-state index in [1.165, 1.54) is 17.5 Å². The van der Waals surface area contributed by atoms with Crippen molar-refractivity contribution in [1.29, 1.82) is 0 Å². The maximum atomic E-state index is 9.25. The van der Waals surface area contributed by atoms with Crippen LogP contribution in [0.2, 0.25) is 0 Å². The van der Waals surface area contributed by atoms with Crippen molar-refractivity contribution in [2.75, 3.05) is 20.1 Å². The molecule has 0 saturated heterocycles. The molecule has 0 aliphatic carbocycles. The van der Waals surface area contributed by atoms with Gasteiger partial charge < -0.3 is 10.0 Å². The molecule has 21 heavy (non-hydrogen) atoms. The molecule has 1 N–H and O–H groups in total. The number of rotatable bonds is 8. The first-order chi connectivity index (χ1) is 10.2. The number of aromatic hydroxyl groups is 1. The van der Waals surface area contributed by atoms with E-state index in [2.05, 4.69) is 42.3 Å². The molecule has 0 aliphatic rings. The summed E-state index contributed by atoms with van der Waals surface area (Å²) < 4.78 is 0. The zero-order valence-corrected chi connectivity index (χ0v) is 12.8. The molecular weight excluding hydrogens is 258 g/mol. The summed E-state index contributed by atoms with van der Waals surface area (Å²) in [7, 11) is 2.20. The van der Waals surface area contributed by atoms with E-state index in [0.717, 1.165) is 32.4 Å². The number of aryl methyl sites for hydroxylation is 2. The van der Waals surface area contributed by atoms with E-state index in [1.807, 2.05) is 12.1 Å². The van der Waals surface area contributed by atoms with Crippen molar-refractivity contribution in [3.05, 3.63) is 65.7 Å². The number of benzene rings is 2. The lowest BCUT2D eigenvalue weighted by atomic mass is 10.1. The molecule has 0 aliphatic heterocycles. The van der Waals surface area contributed by atoms with Crippen LogP contribution in [0.15, 0.2) is 54.6 Å². The van der Waals surface area contributed by atoms with Crippen molar-refractivity contribution >= 4 is 0 Å². The normalized spacial score (nSPS) is 11.0. The maximum Gasteiger partial charge on any atom is 0.115 e. The molecular formula is C19H25NO. The molecule has 2 rings (SSSR count). The fraction of sp³-hybridized carbons (Fsp3) is 0.368. The minimum absolute atomic E-state index is 0.344. The molecule has 0 aromatic heterocycles. The van der Waals surface area contributed by atoms with E-state index in [1.54, 1.807) is 12.1 Å². The summed E-state index contributed by atoms with van der Waals surface area (Å²) in [5, 5.41) is 9.25. The highest BCUT2D eigenvalue weighted by atomic mass is 16.3. The van der Waals surface area contributed by atoms with Gasteiger partial charge in [-0.2, -0.15) is 0 Å². The smallest absolute Gasteiger partial charge is 0.115 e. The van der Waals surface area contributed by atoms with Gasteiger partial charge in [-0.15, -0.1) is 0 Å². The summed E-state index contributed by atoms with van der Waals surface area (Å²) in [4.78, 5) is 2.41. The van der Waals surface area contributed by atoms with Crippen LogP contribution < -0.4 is 0 Å². The lowest BCUT2D eigenvalue weighted by Gasteiger charge is -2.16. The minimum atomic E-state index is 0.344. The third kappa shape index (κ3) is 6.01. The highest BCUT2D eigenvalue weighted by Crippen LogP contribution is 2.11. The lowest BCUT2D eigenvalue weighted by molar-refractivity contribution is 0.325. The van der Waals surface area contributed by atoms with E-state index in [-0.39, 0.29) is 0 Å². The Labute approximate surface area is 128 Å². The van der Waals surface area contributed by atoms with Crippen molar-refractivity contribution < 1.29 is 5.11 Å². The van der Waals surface area contributed by atoms with E-state index in [4.69, 9.17) is 0 Å². The van der Waals surface area contributed by atoms with Gasteiger partial charge in [-0.1, -0.05) is 42.5 Å². The summed E-state index contributed by atoms with van der Waals surface area (Å²) in [6.07, 6.45) is 4.60. The summed E-state index contributed by atoms with van der Waals surface area (Å²) in [6, 6.07) is 18.2. The molecule has 0 atom stereocenters. The minimum Gasteiger partial charge on any atom is -0.508 e. The largest absolute Gasteiger partial charge is 0.508 e. The Morgan fingerprint density at radius 1 is 0.762 bits per heavy atom. The van der Waals surface area contributed by atoms with Crippen LogP contribution in [0.3, 0.4) is 0 Å². The Balaban J connectivity index is 1.59. The highest BCUT2D eigenvalue weighted by molar-refractivity contribution is 5.25. The number of nitrogens with zero attached hydrogens (tertiary/aromatic N) is 1. The molecule has 0 fully saturated rings. The second-order valence-electron chi connectivity index (χ2n) is 5.66. The van der Waals surface area contributed by atoms with Gasteiger partial charge in [0.1, 0.15) is 5.75 Å². The second-order valence-corrected chi connectivity index (χ2v) is 5.66. The molecule has 0 heterocycles. The van der Waals surface area contributed by atoms with Crippen molar-refractivity contribution in [2.24, 2.45) is 0 Å². The quantitative estimate of drug-likeness (QED) is 0.794. The molecule has 0 bridgehead atoms. The first-order valence-electron chi connectivity index (χ1n) is 7.74. The van der Waals surface area contributed by atoms with Gasteiger partial charge in [-0.3, -0.25) is 0 Å². The molecule has 2 aromatic rings. The van der Waals surface area contributed by atoms with Crippen LogP contribution in [0.4, 0.5) is 0 Å². The topological polar surface area (TPSA) is 23.5 Å². The third-order valence-electron chi connectivity index (χ3n) is 3.79. The van der Waals surface area contributed by atoms with Crippen LogP contribution in [0, 0.1) is 0 Å². The molecule has 2 heteroatoms. The van der Waals surface area contributed by atoms with Gasteiger partial charge in [-0.25, -0.2) is 0 Å². The number of phenols is 1. The van der Waals surface area contributed by atoms with E-state index in [0.29, 0.717) is 5.75 Å². The summed E-state index contributed by atoms with van der Waals surface area (Å²) in [6.45, 7) is 2.26. The van der Waals surface area contributed by atoms with Gasteiger partial charge in [0, 0.05) is 0 Å². The Bertz CT molecular complexity index is 507. The van der Waals surface area contributed by atoms with E-state index in [9.17, 15) is 5.11 Å². The standard InChI is InChI=1S/C19H25NO/c1-20(15-5-9-17-7-3-2-4-8-17)16-6-10-18-11-13-19(21)14-12-18/h2-4,7-8,11-14,21H,5-6,9-10,15-16H2,1H3. The van der Waals surface area contributed by atoms with Crippen molar-refractivity contribution in [2.45, 2.75) is 25.7 Å². The number of hydrogen-bond acceptors (Lipinski definition) is 2. The first-order valence-corrected chi connectivity index (χ1v) is 7.74. The third-order valence-corrected chi connectivity index (χ3v) is 3.79. The second kappa shape index (κ2) is 8.48. The van der Waals surface area contributed by atoms with Gasteiger partial charge in [-0.05, 0) is 69.1 Å². The Morgan fingerprint density at radius 2 is 1.29 bits per heavy atom. The van der Waals surface area contributed by atoms with Gasteiger partial charge in [0.15, 0.2) is 0 Å². The fourth-order valence-electron chi connectivity index (χ4n) is 2.53. The van der Waals surface area contributed by atoms with Gasteiger partial charge >= 0.3 is 0 Å². The Morgan fingerprint density at radius 3 is 1.86 bits per heavy atom. The van der Waals surface area contributed by atoms with E-state index < -0.39 is 0 Å². The van der Waals surface area contributed by atoms with Crippen molar-refractivity contribution in [3.8, 4) is 5.75 Å². The van der Waals surface area contributed by atoms with Crippen LogP contribution in [0.5, 0.6) is 5.75 Å². The molecule has 0 amide bonds. The van der Waals surface area contributed by atoms with Crippen LogP contribution in [-0.2, 0) is 12.8 Å². The molecule has 2 aromatic carbocycles. The summed E-state index contributed by atoms with van der Waals surface area (Å²) in [5.41, 5.74) is 2.72. The molecule has 0 spiro atoms. The highest BCUT2D eigenvalue weighted by Gasteiger charge is 2.00. The van der Waals surface area contributed by atoms with Crippen LogP contribution in [0.25, 0.3) is 0 Å². The molecule has 2 nitrogen and oxygen atoms in total. The average Bonchev–Trinajstić information content (AvgIpc) is 2.50. The molecule has 0 radical (unpaired) electrons. The van der Waals surface area contributed by atoms with Crippen molar-refractivity contribution in [1.82, 2.24) is 4.90 Å². The summed E-state index contributed by atoms with van der Waals surface area (Å²) >= 11 is 0. The van der Waals surface area contributed by atoms with Gasteiger partial charge in [0.2, 0.25) is 0 Å². The van der Waals surface area contributed by atoms with Gasteiger partial charge in [0.25, 0.3) is 0 Å². The predicted molar refractivity (Wildman–Crippen MR) is 88.7 cm³/mol. The number of hydrogen-bond donors (Lipinski definition) is 1. The number of phenolic OH excluding ortho intramolecular Hbond substituents is 1. The van der Waals surface area contributed by atoms with Crippen molar-refractivity contribution in [3.63, 3.8) is 0 Å². The fourth-order valence-corrected chi connectivity index (χ4v) is 2.53. The zero-order valence-electron chi connectivity index (χ0n) is 12.8. The SMILES string of the molecule is CN(CCCc1ccccc1)CCCc1ccc(O)cc1. The van der Waals surface area contributed by atoms with Crippen LogP contribution in [-0.4, -0.2) is 30.1 Å². The Kier molecular flexibility index (Phi) is 6.29. The average molecular weight is 283 g/mol. The summed E-state index contributed by atoms with van der Waals surface area (Å²) in [5.74, 6) is 0.344. The molecule has 0 unspecified atom stereocenters. The Hall–Kier alpha value is -1.80. The monoisotopic (exact) mass is 283 g/mol. The predicted octanol–water partition coefficient (Wildman–Crippen LogP) is 3.89. The lowest BCUT2D eigenvalue weighted by Crippen LogP contribution is -2.21. The van der Waals surface area contributed by atoms with E-state index >= 15 is 0 Å². The van der Waals surface area contributed by atoms with Crippen LogP contribution >= 0.6 is 0 Å². The molecule has 0 saturated carbocycles. The first kappa shape index (κ1) is 15.6.